The fraction of sp³-hybridized carbons (Fsp3) is 0.480. The lowest BCUT2D eigenvalue weighted by atomic mass is 10.2. The molecule has 16 heteroatoms. The first-order chi connectivity index (χ1) is 19.1. The number of piperazine rings is 1. The minimum Gasteiger partial charge on any atom is -0.444 e. The topological polar surface area (TPSA) is 114 Å². The first-order valence-electron chi connectivity index (χ1n) is 12.7. The normalized spacial score (nSPS) is 14.5. The van der Waals surface area contributed by atoms with Gasteiger partial charge in [0.25, 0.3) is 5.56 Å². The standard InChI is InChI=1S/C25H28BrF4N7O4/c1-5-17-19(34-8-10-35(11-9-34)23(40)41-24(2,3)4)20(39)37-22(32-21(26)33-37)36(17)13-18(38)31-16-7-6-14(12-15(16)27)25(28,29)30/h6-7,12H,5,8-11,13H2,1-4H3,(H,31,38). The summed E-state index contributed by atoms with van der Waals surface area (Å²) < 4.78 is 61.1. The van der Waals surface area contributed by atoms with E-state index in [2.05, 4.69) is 31.3 Å². The average molecular weight is 646 g/mol. The summed E-state index contributed by atoms with van der Waals surface area (Å²) in [6, 6.07) is 1.80. The van der Waals surface area contributed by atoms with Crippen LogP contribution in [0.5, 0.6) is 0 Å². The predicted molar refractivity (Wildman–Crippen MR) is 144 cm³/mol. The molecule has 222 valence electrons. The maximum Gasteiger partial charge on any atom is 0.416 e. The number of hydrogen-bond acceptors (Lipinski definition) is 7. The highest BCUT2D eigenvalue weighted by atomic mass is 79.9. The Labute approximate surface area is 240 Å². The number of carbonyl (C=O) groups excluding carboxylic acids is 2. The number of aromatic nitrogens is 4. The lowest BCUT2D eigenvalue weighted by Crippen LogP contribution is -2.51. The van der Waals surface area contributed by atoms with E-state index in [1.165, 1.54) is 4.57 Å². The molecule has 1 N–H and O–H groups in total. The van der Waals surface area contributed by atoms with Crippen LogP contribution in [0.4, 0.5) is 33.7 Å². The minimum atomic E-state index is -4.74. The van der Waals surface area contributed by atoms with Crippen molar-refractivity contribution in [1.29, 1.82) is 0 Å². The first-order valence-corrected chi connectivity index (χ1v) is 13.5. The number of amides is 2. The molecule has 0 saturated carbocycles. The summed E-state index contributed by atoms with van der Waals surface area (Å²) >= 11 is 3.15. The van der Waals surface area contributed by atoms with Crippen molar-refractivity contribution >= 4 is 45.1 Å². The average Bonchev–Trinajstić information content (AvgIpc) is 3.27. The number of nitrogens with zero attached hydrogens (tertiary/aromatic N) is 6. The van der Waals surface area contributed by atoms with Gasteiger partial charge in [-0.25, -0.2) is 9.18 Å². The van der Waals surface area contributed by atoms with Gasteiger partial charge in [-0.3, -0.25) is 9.59 Å². The van der Waals surface area contributed by atoms with Crippen LogP contribution >= 0.6 is 15.9 Å². The van der Waals surface area contributed by atoms with Gasteiger partial charge in [0.1, 0.15) is 23.7 Å². The Morgan fingerprint density at radius 1 is 1.12 bits per heavy atom. The third kappa shape index (κ3) is 6.63. The van der Waals surface area contributed by atoms with Gasteiger partial charge in [-0.2, -0.15) is 22.7 Å². The number of anilines is 2. The number of fused-ring (bicyclic) bond motifs is 1. The largest absolute Gasteiger partial charge is 0.444 e. The molecule has 1 saturated heterocycles. The van der Waals surface area contributed by atoms with Crippen molar-refractivity contribution in [2.45, 2.75) is 52.4 Å². The number of ether oxygens (including phenoxy) is 1. The zero-order chi connectivity index (χ0) is 30.3. The van der Waals surface area contributed by atoms with Gasteiger partial charge in [-0.05, 0) is 61.3 Å². The van der Waals surface area contributed by atoms with Gasteiger partial charge in [-0.1, -0.05) is 6.92 Å². The van der Waals surface area contributed by atoms with Gasteiger partial charge in [0.05, 0.1) is 16.9 Å². The fourth-order valence-electron chi connectivity index (χ4n) is 4.47. The van der Waals surface area contributed by atoms with E-state index in [0.717, 1.165) is 10.6 Å². The van der Waals surface area contributed by atoms with Crippen LogP contribution in [0.1, 0.15) is 39.0 Å². The van der Waals surface area contributed by atoms with Crippen LogP contribution < -0.4 is 15.8 Å². The summed E-state index contributed by atoms with van der Waals surface area (Å²) in [4.78, 5) is 46.6. The molecule has 1 aliphatic rings. The fourth-order valence-corrected chi connectivity index (χ4v) is 4.79. The second kappa shape index (κ2) is 11.3. The third-order valence-corrected chi connectivity index (χ3v) is 6.59. The Morgan fingerprint density at radius 2 is 1.78 bits per heavy atom. The van der Waals surface area contributed by atoms with Gasteiger partial charge >= 0.3 is 12.3 Å². The predicted octanol–water partition coefficient (Wildman–Crippen LogP) is 4.07. The Morgan fingerprint density at radius 3 is 2.34 bits per heavy atom. The van der Waals surface area contributed by atoms with E-state index in [0.29, 0.717) is 37.3 Å². The quantitative estimate of drug-likeness (QED) is 0.416. The molecule has 1 aliphatic heterocycles. The molecule has 0 aliphatic carbocycles. The molecular formula is C25H28BrF4N7O4. The highest BCUT2D eigenvalue weighted by molar-refractivity contribution is 9.10. The molecule has 1 fully saturated rings. The molecule has 2 aromatic heterocycles. The first kappa shape index (κ1) is 30.3. The van der Waals surface area contributed by atoms with Gasteiger partial charge in [0.2, 0.25) is 16.4 Å². The van der Waals surface area contributed by atoms with Gasteiger partial charge in [0.15, 0.2) is 0 Å². The Hall–Kier alpha value is -3.69. The SMILES string of the molecule is CCc1c(N2CCN(C(=O)OC(C)(C)C)CC2)c(=O)n2nc(Br)nc2n1CC(=O)Nc1ccc(C(F)(F)F)cc1F. The van der Waals surface area contributed by atoms with E-state index in [9.17, 15) is 31.9 Å². The number of benzene rings is 1. The molecule has 11 nitrogen and oxygen atoms in total. The number of nitrogens with one attached hydrogen (secondary N) is 1. The zero-order valence-electron chi connectivity index (χ0n) is 22.7. The monoisotopic (exact) mass is 645 g/mol. The summed E-state index contributed by atoms with van der Waals surface area (Å²) in [7, 11) is 0. The van der Waals surface area contributed by atoms with Crippen LogP contribution in [0.2, 0.25) is 0 Å². The van der Waals surface area contributed by atoms with Crippen LogP contribution in [0, 0.1) is 5.82 Å². The lowest BCUT2D eigenvalue weighted by Gasteiger charge is -2.37. The van der Waals surface area contributed by atoms with Crippen molar-refractivity contribution < 1.29 is 31.9 Å². The van der Waals surface area contributed by atoms with E-state index in [-0.39, 0.29) is 29.3 Å². The van der Waals surface area contributed by atoms with Gasteiger partial charge in [0, 0.05) is 26.2 Å². The highest BCUT2D eigenvalue weighted by Gasteiger charge is 2.32. The summed E-state index contributed by atoms with van der Waals surface area (Å²) in [5.41, 5.74) is -2.06. The van der Waals surface area contributed by atoms with Crippen LogP contribution in [-0.2, 0) is 28.7 Å². The van der Waals surface area contributed by atoms with Crippen LogP contribution in [0.15, 0.2) is 27.7 Å². The molecule has 0 radical (unpaired) electrons. The maximum absolute atomic E-state index is 14.4. The lowest BCUT2D eigenvalue weighted by molar-refractivity contribution is -0.137. The third-order valence-electron chi connectivity index (χ3n) is 6.25. The Balaban J connectivity index is 1.64. The number of carbonyl (C=O) groups is 2. The summed E-state index contributed by atoms with van der Waals surface area (Å²) in [5.74, 6) is -1.97. The molecule has 0 bridgehead atoms. The van der Waals surface area contributed by atoms with Crippen molar-refractivity contribution in [2.75, 3.05) is 36.4 Å². The van der Waals surface area contributed by atoms with E-state index < -0.39 is 52.9 Å². The molecule has 4 rings (SSSR count). The summed E-state index contributed by atoms with van der Waals surface area (Å²) in [6.45, 7) is 7.80. The number of alkyl halides is 3. The Bertz CT molecular complexity index is 1540. The van der Waals surface area contributed by atoms with Crippen molar-refractivity contribution in [3.05, 3.63) is 50.4 Å². The van der Waals surface area contributed by atoms with E-state index in [1.54, 1.807) is 37.5 Å². The minimum absolute atomic E-state index is 0.0397. The molecule has 3 heterocycles. The molecule has 1 aromatic carbocycles. The Kier molecular flexibility index (Phi) is 8.34. The molecule has 0 spiro atoms. The van der Waals surface area contributed by atoms with Crippen LogP contribution in [0.3, 0.4) is 0 Å². The maximum atomic E-state index is 14.4. The van der Waals surface area contributed by atoms with E-state index >= 15 is 0 Å². The second-order valence-corrected chi connectivity index (χ2v) is 11.0. The number of hydrogen-bond donors (Lipinski definition) is 1. The van der Waals surface area contributed by atoms with Crippen molar-refractivity contribution in [1.82, 2.24) is 24.1 Å². The van der Waals surface area contributed by atoms with Crippen molar-refractivity contribution in [3.8, 4) is 0 Å². The molecular weight excluding hydrogens is 618 g/mol. The van der Waals surface area contributed by atoms with Crippen molar-refractivity contribution in [2.24, 2.45) is 0 Å². The van der Waals surface area contributed by atoms with E-state index in [1.807, 2.05) is 0 Å². The number of halogens is 5. The number of rotatable bonds is 5. The van der Waals surface area contributed by atoms with Crippen molar-refractivity contribution in [3.63, 3.8) is 0 Å². The van der Waals surface area contributed by atoms with Crippen LogP contribution in [0.25, 0.3) is 5.78 Å². The van der Waals surface area contributed by atoms with Gasteiger partial charge < -0.3 is 24.4 Å². The van der Waals surface area contributed by atoms with Gasteiger partial charge in [-0.15, -0.1) is 5.10 Å². The molecule has 3 aromatic rings. The molecule has 41 heavy (non-hydrogen) atoms. The molecule has 0 atom stereocenters. The smallest absolute Gasteiger partial charge is 0.416 e. The molecule has 2 amide bonds. The van der Waals surface area contributed by atoms with Crippen LogP contribution in [-0.4, -0.2) is 67.8 Å². The summed E-state index contributed by atoms with van der Waals surface area (Å²) in [6.07, 6.45) is -4.91. The highest BCUT2D eigenvalue weighted by Crippen LogP contribution is 2.31. The second-order valence-electron chi connectivity index (χ2n) is 10.3. The molecule has 0 unspecified atom stereocenters. The zero-order valence-corrected chi connectivity index (χ0v) is 24.3. The van der Waals surface area contributed by atoms with E-state index in [4.69, 9.17) is 4.74 Å². The summed E-state index contributed by atoms with van der Waals surface area (Å²) in [5, 5.41) is 6.39.